The van der Waals surface area contributed by atoms with E-state index in [2.05, 4.69) is 9.97 Å². The van der Waals surface area contributed by atoms with E-state index in [0.29, 0.717) is 60.0 Å². The van der Waals surface area contributed by atoms with Crippen molar-refractivity contribution in [2.24, 2.45) is 0 Å². The maximum Gasteiger partial charge on any atom is 0.235 e. The van der Waals surface area contributed by atoms with Gasteiger partial charge in [-0.15, -0.1) is 23.7 Å². The summed E-state index contributed by atoms with van der Waals surface area (Å²) in [6, 6.07) is 10.0. The number of Topliss-reactive ketones (excluding diaryl/α,β-unsaturated/α-hetero) is 1. The number of benzene rings is 1. The molecule has 1 fully saturated rings. The Morgan fingerprint density at radius 1 is 1.20 bits per heavy atom. The molecule has 0 bridgehead atoms. The Kier molecular flexibility index (Phi) is 11.0. The average molecular weight is 624 g/mol. The van der Waals surface area contributed by atoms with E-state index in [1.165, 1.54) is 23.5 Å². The number of rotatable bonds is 14. The summed E-state index contributed by atoms with van der Waals surface area (Å²) >= 11 is 1.29. The van der Waals surface area contributed by atoms with Gasteiger partial charge in [-0.2, -0.15) is 0 Å². The molecular weight excluding hydrogens is 589 g/mol. The molecule has 0 atom stereocenters. The van der Waals surface area contributed by atoms with E-state index in [4.69, 9.17) is 4.74 Å². The standard InChI is InChI=1S/C29H34FN3O5S2.ClH/c1-4-15-40(36,37)19-24(34)27-20(2)39-26(32-27)18-33(14-6-8-21-7-5-9-22(30)16-21)28(35)29(12-13-29)25-11-10-23(38-3)17-31-25;/h5,7,9-11,16-17H,4,6,8,12-15,18-19H2,1-3H3;1H. The third-order valence-electron chi connectivity index (χ3n) is 6.99. The summed E-state index contributed by atoms with van der Waals surface area (Å²) in [5.74, 6) is -0.925. The van der Waals surface area contributed by atoms with Gasteiger partial charge in [-0.05, 0) is 68.9 Å². The van der Waals surface area contributed by atoms with Gasteiger partial charge in [0.1, 0.15) is 28.0 Å². The van der Waals surface area contributed by atoms with Crippen LogP contribution in [0.15, 0.2) is 42.6 Å². The number of halogens is 2. The highest BCUT2D eigenvalue weighted by Crippen LogP contribution is 2.49. The predicted molar refractivity (Wildman–Crippen MR) is 159 cm³/mol. The van der Waals surface area contributed by atoms with E-state index < -0.39 is 26.8 Å². The van der Waals surface area contributed by atoms with Crippen LogP contribution in [0.5, 0.6) is 5.75 Å². The van der Waals surface area contributed by atoms with E-state index >= 15 is 0 Å². The molecule has 1 aromatic carbocycles. The number of aryl methyl sites for hydroxylation is 2. The fourth-order valence-electron chi connectivity index (χ4n) is 4.80. The van der Waals surface area contributed by atoms with Crippen LogP contribution in [0.4, 0.5) is 4.39 Å². The number of methoxy groups -OCH3 is 1. The van der Waals surface area contributed by atoms with E-state index in [1.807, 2.05) is 12.1 Å². The molecule has 4 rings (SSSR count). The normalized spacial score (nSPS) is 13.8. The van der Waals surface area contributed by atoms with E-state index in [9.17, 15) is 22.4 Å². The second kappa shape index (κ2) is 13.8. The first-order valence-corrected chi connectivity index (χ1v) is 15.9. The van der Waals surface area contributed by atoms with Crippen LogP contribution in [0.1, 0.15) is 64.2 Å². The van der Waals surface area contributed by atoms with Gasteiger partial charge in [-0.1, -0.05) is 19.1 Å². The minimum atomic E-state index is -3.50. The number of thiazole rings is 1. The second-order valence-electron chi connectivity index (χ2n) is 10.2. The van der Waals surface area contributed by atoms with Crippen molar-refractivity contribution in [3.63, 3.8) is 0 Å². The molecule has 1 amide bonds. The molecule has 1 aliphatic carbocycles. The number of ketones is 1. The minimum Gasteiger partial charge on any atom is -0.495 e. The number of ether oxygens (including phenoxy) is 1. The maximum absolute atomic E-state index is 14.0. The number of pyridine rings is 1. The lowest BCUT2D eigenvalue weighted by Crippen LogP contribution is -2.40. The summed E-state index contributed by atoms with van der Waals surface area (Å²) in [5, 5.41) is 0.561. The molecule has 0 unspecified atom stereocenters. The van der Waals surface area contributed by atoms with Crippen LogP contribution < -0.4 is 4.74 Å². The number of hydrogen-bond acceptors (Lipinski definition) is 8. The summed E-state index contributed by atoms with van der Waals surface area (Å²) in [4.78, 5) is 38.1. The molecule has 3 aromatic rings. The van der Waals surface area contributed by atoms with Crippen molar-refractivity contribution in [2.45, 2.75) is 57.9 Å². The summed E-state index contributed by atoms with van der Waals surface area (Å²) in [6.45, 7) is 4.07. The van der Waals surface area contributed by atoms with Crippen molar-refractivity contribution >= 4 is 45.3 Å². The zero-order valence-corrected chi connectivity index (χ0v) is 25.8. The number of aromatic nitrogens is 2. The van der Waals surface area contributed by atoms with Crippen LogP contribution in [-0.4, -0.2) is 60.1 Å². The maximum atomic E-state index is 14.0. The summed E-state index contributed by atoms with van der Waals surface area (Å²) < 4.78 is 43.3. The Hall–Kier alpha value is -2.89. The molecule has 1 aliphatic rings. The van der Waals surface area contributed by atoms with Crippen molar-refractivity contribution < 1.29 is 27.1 Å². The molecule has 1 saturated carbocycles. The summed E-state index contributed by atoms with van der Waals surface area (Å²) in [7, 11) is -1.94. The molecule has 0 radical (unpaired) electrons. The Bertz CT molecular complexity index is 1470. The zero-order chi connectivity index (χ0) is 28.9. The number of carbonyl (C=O) groups excluding carboxylic acids is 2. The second-order valence-corrected chi connectivity index (χ2v) is 13.6. The van der Waals surface area contributed by atoms with Crippen LogP contribution in [0.3, 0.4) is 0 Å². The zero-order valence-electron chi connectivity index (χ0n) is 23.4. The molecule has 0 aliphatic heterocycles. The van der Waals surface area contributed by atoms with Crippen molar-refractivity contribution in [2.75, 3.05) is 25.2 Å². The van der Waals surface area contributed by atoms with Crippen molar-refractivity contribution in [1.29, 1.82) is 0 Å². The van der Waals surface area contributed by atoms with Crippen molar-refractivity contribution in [3.8, 4) is 5.75 Å². The Morgan fingerprint density at radius 3 is 2.56 bits per heavy atom. The topological polar surface area (TPSA) is 107 Å². The molecule has 0 spiro atoms. The number of hydrogen-bond donors (Lipinski definition) is 0. The fourth-order valence-corrected chi connectivity index (χ4v) is 7.07. The van der Waals surface area contributed by atoms with Gasteiger partial charge in [0.05, 0.1) is 36.7 Å². The number of amides is 1. The van der Waals surface area contributed by atoms with Gasteiger partial charge < -0.3 is 9.64 Å². The first kappa shape index (κ1) is 32.6. The molecule has 8 nitrogen and oxygen atoms in total. The largest absolute Gasteiger partial charge is 0.495 e. The van der Waals surface area contributed by atoms with Crippen LogP contribution in [0, 0.1) is 12.7 Å². The monoisotopic (exact) mass is 623 g/mol. The van der Waals surface area contributed by atoms with Gasteiger partial charge >= 0.3 is 0 Å². The van der Waals surface area contributed by atoms with Crippen LogP contribution in [-0.2, 0) is 33.0 Å². The van der Waals surface area contributed by atoms with Gasteiger partial charge in [0.15, 0.2) is 15.6 Å². The molecule has 41 heavy (non-hydrogen) atoms. The highest BCUT2D eigenvalue weighted by atomic mass is 35.5. The fraction of sp³-hybridized carbons (Fsp3) is 0.448. The van der Waals surface area contributed by atoms with Crippen molar-refractivity contribution in [3.05, 3.63) is 75.2 Å². The highest BCUT2D eigenvalue weighted by Gasteiger charge is 2.54. The first-order valence-electron chi connectivity index (χ1n) is 13.3. The predicted octanol–water partition coefficient (Wildman–Crippen LogP) is 5.12. The van der Waals surface area contributed by atoms with Gasteiger partial charge in [0, 0.05) is 11.4 Å². The average Bonchev–Trinajstić information content (AvgIpc) is 3.64. The molecule has 2 heterocycles. The van der Waals surface area contributed by atoms with Crippen LogP contribution in [0.25, 0.3) is 0 Å². The van der Waals surface area contributed by atoms with Gasteiger partial charge in [0.25, 0.3) is 0 Å². The summed E-state index contributed by atoms with van der Waals surface area (Å²) in [5.41, 5.74) is 0.937. The number of sulfone groups is 1. The van der Waals surface area contributed by atoms with E-state index in [-0.39, 0.29) is 42.1 Å². The first-order chi connectivity index (χ1) is 19.1. The molecular formula is C29H35ClFN3O5S2. The Balaban J connectivity index is 0.00000462. The van der Waals surface area contributed by atoms with Gasteiger partial charge in [0.2, 0.25) is 5.91 Å². The number of carbonyl (C=O) groups is 2. The van der Waals surface area contributed by atoms with Crippen LogP contribution in [0.2, 0.25) is 0 Å². The molecule has 0 saturated heterocycles. The smallest absolute Gasteiger partial charge is 0.235 e. The SMILES string of the molecule is CCCS(=O)(=O)CC(=O)c1nc(CN(CCCc2cccc(F)c2)C(=O)C2(c3ccc(OC)cn3)CC2)sc1C.Cl. The number of nitrogens with zero attached hydrogens (tertiary/aromatic N) is 3. The van der Waals surface area contributed by atoms with Crippen molar-refractivity contribution in [1.82, 2.24) is 14.9 Å². The Morgan fingerprint density at radius 2 is 1.95 bits per heavy atom. The molecule has 0 N–H and O–H groups in total. The lowest BCUT2D eigenvalue weighted by atomic mass is 9.99. The minimum absolute atomic E-state index is 0. The lowest BCUT2D eigenvalue weighted by molar-refractivity contribution is -0.134. The van der Waals surface area contributed by atoms with Gasteiger partial charge in [-0.3, -0.25) is 14.6 Å². The summed E-state index contributed by atoms with van der Waals surface area (Å²) in [6.07, 6.45) is 4.57. The van der Waals surface area contributed by atoms with E-state index in [1.54, 1.807) is 44.2 Å². The molecule has 12 heteroatoms. The third-order valence-corrected chi connectivity index (χ3v) is 9.68. The van der Waals surface area contributed by atoms with E-state index in [0.717, 1.165) is 5.56 Å². The van der Waals surface area contributed by atoms with Gasteiger partial charge in [-0.25, -0.2) is 17.8 Å². The highest BCUT2D eigenvalue weighted by molar-refractivity contribution is 7.92. The quantitative estimate of drug-likeness (QED) is 0.230. The molecule has 2 aromatic heterocycles. The molecule has 222 valence electrons. The Labute approximate surface area is 250 Å². The lowest BCUT2D eigenvalue weighted by Gasteiger charge is -2.27. The van der Waals surface area contributed by atoms with Crippen LogP contribution >= 0.6 is 23.7 Å². The third kappa shape index (κ3) is 8.11.